The Morgan fingerprint density at radius 1 is 0.641 bits per heavy atom. The average molecular weight is 535 g/mol. The van der Waals surface area contributed by atoms with E-state index in [1.807, 2.05) is 0 Å². The molecule has 0 radical (unpaired) electrons. The predicted octanol–water partition coefficient (Wildman–Crippen LogP) is 9.49. The van der Waals surface area contributed by atoms with Crippen LogP contribution < -0.4 is 15.9 Å². The Labute approximate surface area is 238 Å². The zero-order valence-corrected chi connectivity index (χ0v) is 25.6. The van der Waals surface area contributed by atoms with E-state index in [0.29, 0.717) is 0 Å². The molecular weight excluding hydrogens is 487 g/mol. The van der Waals surface area contributed by atoms with E-state index in [9.17, 15) is 0 Å². The van der Waals surface area contributed by atoms with Gasteiger partial charge in [0.25, 0.3) is 0 Å². The Bertz CT molecular complexity index is 1180. The second-order valence-corrected chi connectivity index (χ2v) is 15.0. The average Bonchev–Trinajstić information content (AvgIpc) is 2.95. The minimum absolute atomic E-state index is 0.789. The van der Waals surface area contributed by atoms with E-state index >= 15 is 0 Å². The summed E-state index contributed by atoms with van der Waals surface area (Å²) in [6, 6.07) is 33.4. The molecule has 0 unspecified atom stereocenters. The molecule has 0 aliphatic heterocycles. The van der Waals surface area contributed by atoms with Gasteiger partial charge in [0.15, 0.2) is 0 Å². The predicted molar refractivity (Wildman–Crippen MR) is 180 cm³/mol. The van der Waals surface area contributed by atoms with Crippen LogP contribution in [0.25, 0.3) is 0 Å². The summed E-state index contributed by atoms with van der Waals surface area (Å²) in [5, 5.41) is 4.34. The van der Waals surface area contributed by atoms with Crippen LogP contribution >= 0.6 is 7.26 Å². The number of hydrogen-bond acceptors (Lipinski definition) is 0. The first-order valence-corrected chi connectivity index (χ1v) is 16.6. The van der Waals surface area contributed by atoms with E-state index in [1.54, 1.807) is 0 Å². The van der Waals surface area contributed by atoms with E-state index in [0.717, 1.165) is 12.1 Å². The molecule has 3 rings (SSSR count). The standard InChI is InChI=1S/C38H47P/c1-32(2)18-15-19-33(3)20-16-21-34(4)22-17-23-35(5)30-31-39(36-24-9-6-10-25-36,37-26-11-7-12-27-37)38-28-13-8-14-29-38/h6-14,16-17,20-30,32,39H,15,18-19,31H2,1-5H3/b21-16+,23-17+,33-20+,34-22+,35-30+. The second-order valence-electron chi connectivity index (χ2n) is 11.1. The van der Waals surface area contributed by atoms with E-state index in [2.05, 4.69) is 168 Å². The van der Waals surface area contributed by atoms with Crippen molar-refractivity contribution in [2.45, 2.75) is 53.9 Å². The van der Waals surface area contributed by atoms with Crippen molar-refractivity contribution in [3.05, 3.63) is 150 Å². The zero-order valence-electron chi connectivity index (χ0n) is 24.6. The first-order chi connectivity index (χ1) is 18.9. The van der Waals surface area contributed by atoms with E-state index < -0.39 is 7.26 Å². The maximum absolute atomic E-state index is 2.44. The van der Waals surface area contributed by atoms with Gasteiger partial charge in [-0.3, -0.25) is 0 Å². The van der Waals surface area contributed by atoms with Gasteiger partial charge in [0.05, 0.1) is 0 Å². The summed E-state index contributed by atoms with van der Waals surface area (Å²) < 4.78 is 0. The van der Waals surface area contributed by atoms with Crippen LogP contribution in [0.15, 0.2) is 150 Å². The molecule has 3 aromatic carbocycles. The van der Waals surface area contributed by atoms with E-state index in [4.69, 9.17) is 0 Å². The van der Waals surface area contributed by atoms with E-state index in [-0.39, 0.29) is 0 Å². The third-order valence-electron chi connectivity index (χ3n) is 7.34. The molecule has 0 spiro atoms. The summed E-state index contributed by atoms with van der Waals surface area (Å²) in [6.45, 7) is 11.2. The Hall–Kier alpha value is -3.21. The molecule has 0 aromatic heterocycles. The Balaban J connectivity index is 1.79. The van der Waals surface area contributed by atoms with Crippen molar-refractivity contribution in [3.8, 4) is 0 Å². The molecule has 0 nitrogen and oxygen atoms in total. The normalized spacial score (nSPS) is 14.1. The quantitative estimate of drug-likeness (QED) is 0.151. The maximum atomic E-state index is 2.44. The van der Waals surface area contributed by atoms with Crippen LogP contribution in [0.5, 0.6) is 0 Å². The van der Waals surface area contributed by atoms with E-state index in [1.165, 1.54) is 51.9 Å². The summed E-state index contributed by atoms with van der Waals surface area (Å²) in [6.07, 6.45) is 20.5. The Kier molecular flexibility index (Phi) is 12.5. The monoisotopic (exact) mass is 534 g/mol. The van der Waals surface area contributed by atoms with Gasteiger partial charge in [0.1, 0.15) is 0 Å². The summed E-state index contributed by atoms with van der Waals surface area (Å²) in [4.78, 5) is 0. The molecule has 0 saturated carbocycles. The molecule has 0 saturated heterocycles. The van der Waals surface area contributed by atoms with Crippen molar-refractivity contribution in [1.29, 1.82) is 0 Å². The van der Waals surface area contributed by atoms with Gasteiger partial charge >= 0.3 is 207 Å². The molecule has 39 heavy (non-hydrogen) atoms. The SMILES string of the molecule is CC(/C=C/C=C(\C)CCCC(C)C)=C\C=C\C(C)=C\C[PH](c1ccccc1)(c1ccccc1)c1ccccc1. The summed E-state index contributed by atoms with van der Waals surface area (Å²) in [7, 11) is -2.24. The van der Waals surface area contributed by atoms with Crippen molar-refractivity contribution in [3.63, 3.8) is 0 Å². The van der Waals surface area contributed by atoms with Crippen molar-refractivity contribution >= 4 is 23.2 Å². The minimum atomic E-state index is -2.24. The van der Waals surface area contributed by atoms with Gasteiger partial charge in [-0.2, -0.15) is 0 Å². The van der Waals surface area contributed by atoms with Gasteiger partial charge in [-0.15, -0.1) is 0 Å². The first kappa shape index (κ1) is 30.3. The second kappa shape index (κ2) is 16.0. The molecule has 0 aliphatic carbocycles. The van der Waals surface area contributed by atoms with Crippen LogP contribution in [0.4, 0.5) is 0 Å². The molecule has 0 aliphatic rings. The summed E-state index contributed by atoms with van der Waals surface area (Å²) >= 11 is 0. The summed E-state index contributed by atoms with van der Waals surface area (Å²) in [5.41, 5.74) is 4.01. The van der Waals surface area contributed by atoms with Crippen molar-refractivity contribution in [2.75, 3.05) is 6.16 Å². The zero-order chi connectivity index (χ0) is 27.9. The first-order valence-electron chi connectivity index (χ1n) is 14.4. The van der Waals surface area contributed by atoms with Crippen LogP contribution in [0.2, 0.25) is 0 Å². The van der Waals surface area contributed by atoms with Crippen molar-refractivity contribution < 1.29 is 0 Å². The molecule has 0 N–H and O–H groups in total. The number of allylic oxidation sites excluding steroid dienone is 10. The van der Waals surface area contributed by atoms with Crippen molar-refractivity contribution in [1.82, 2.24) is 0 Å². The molecular formula is C38H47P. The Morgan fingerprint density at radius 3 is 1.59 bits per heavy atom. The fourth-order valence-corrected chi connectivity index (χ4v) is 9.67. The van der Waals surface area contributed by atoms with Crippen LogP contribution in [-0.2, 0) is 0 Å². The number of rotatable bonds is 13. The molecule has 204 valence electrons. The third kappa shape index (κ3) is 9.49. The molecule has 1 heteroatoms. The summed E-state index contributed by atoms with van der Waals surface area (Å²) in [5.74, 6) is 0.789. The van der Waals surface area contributed by atoms with Crippen molar-refractivity contribution in [2.24, 2.45) is 5.92 Å². The Morgan fingerprint density at radius 2 is 1.10 bits per heavy atom. The molecule has 0 fully saturated rings. The molecule has 3 aromatic rings. The number of hydrogen-bond donors (Lipinski definition) is 0. The number of benzene rings is 3. The van der Waals surface area contributed by atoms with Gasteiger partial charge in [-0.25, -0.2) is 0 Å². The third-order valence-corrected chi connectivity index (χ3v) is 12.1. The van der Waals surface area contributed by atoms with Gasteiger partial charge in [-0.05, 0) is 12.3 Å². The molecule has 0 atom stereocenters. The van der Waals surface area contributed by atoms with Crippen LogP contribution in [0.1, 0.15) is 53.9 Å². The topological polar surface area (TPSA) is 0 Å². The fraction of sp³-hybridized carbons (Fsp3) is 0.263. The molecule has 0 heterocycles. The fourth-order valence-electron chi connectivity index (χ4n) is 5.05. The van der Waals surface area contributed by atoms with Crippen LogP contribution in [0.3, 0.4) is 0 Å². The van der Waals surface area contributed by atoms with Gasteiger partial charge in [0, 0.05) is 0 Å². The van der Waals surface area contributed by atoms with Gasteiger partial charge in [0.2, 0.25) is 0 Å². The van der Waals surface area contributed by atoms with Gasteiger partial charge in [-0.1, -0.05) is 20.3 Å². The molecule has 0 amide bonds. The van der Waals surface area contributed by atoms with Crippen LogP contribution in [-0.4, -0.2) is 6.16 Å². The van der Waals surface area contributed by atoms with Gasteiger partial charge < -0.3 is 0 Å². The van der Waals surface area contributed by atoms with Crippen LogP contribution in [0, 0.1) is 5.92 Å². The molecule has 0 bridgehead atoms.